The van der Waals surface area contributed by atoms with Gasteiger partial charge in [0, 0.05) is 19.2 Å². The summed E-state index contributed by atoms with van der Waals surface area (Å²) in [5.41, 5.74) is 3.14. The molecule has 0 aliphatic rings. The second-order valence-electron chi connectivity index (χ2n) is 6.68. The van der Waals surface area contributed by atoms with Gasteiger partial charge >= 0.3 is 0 Å². The molecular formula is C20H23Cl2N5O2. The van der Waals surface area contributed by atoms with Crippen molar-refractivity contribution >= 4 is 40.7 Å². The zero-order valence-electron chi connectivity index (χ0n) is 16.6. The lowest BCUT2D eigenvalue weighted by atomic mass is 10.1. The lowest BCUT2D eigenvalue weighted by Crippen LogP contribution is -2.35. The molecule has 0 radical (unpaired) electrons. The molecule has 0 atom stereocenters. The first-order chi connectivity index (χ1) is 13.7. The number of aryl methyl sites for hydroxylation is 2. The lowest BCUT2D eigenvalue weighted by molar-refractivity contribution is -0.133. The van der Waals surface area contributed by atoms with Gasteiger partial charge in [0.25, 0.3) is 0 Å². The second kappa shape index (κ2) is 10.3. The third kappa shape index (κ3) is 5.96. The molecule has 1 heterocycles. The smallest absolute Gasteiger partial charge is 0.244 e. The van der Waals surface area contributed by atoms with E-state index in [2.05, 4.69) is 16.5 Å². The number of nitriles is 1. The molecule has 154 valence electrons. The SMILES string of the molecule is Cc1nn(CCC#N)c(C)c1CCC(=O)N(C)CC(=O)Nc1c(Cl)cccc1Cl. The van der Waals surface area contributed by atoms with Crippen molar-refractivity contribution in [1.82, 2.24) is 14.7 Å². The monoisotopic (exact) mass is 435 g/mol. The summed E-state index contributed by atoms with van der Waals surface area (Å²) in [6.45, 7) is 4.24. The van der Waals surface area contributed by atoms with Gasteiger partial charge in [0.1, 0.15) is 0 Å². The highest BCUT2D eigenvalue weighted by Gasteiger charge is 2.17. The number of nitrogens with one attached hydrogen (secondary N) is 1. The third-order valence-corrected chi connectivity index (χ3v) is 5.22. The van der Waals surface area contributed by atoms with E-state index >= 15 is 0 Å². The summed E-state index contributed by atoms with van der Waals surface area (Å²) in [5.74, 6) is -0.540. The van der Waals surface area contributed by atoms with Gasteiger partial charge in [0.15, 0.2) is 0 Å². The molecule has 0 unspecified atom stereocenters. The van der Waals surface area contributed by atoms with Crippen molar-refractivity contribution in [1.29, 1.82) is 5.26 Å². The number of nitrogens with zero attached hydrogens (tertiary/aromatic N) is 4. The number of hydrogen-bond acceptors (Lipinski definition) is 4. The van der Waals surface area contributed by atoms with Crippen molar-refractivity contribution in [3.05, 3.63) is 45.2 Å². The number of amides is 2. The van der Waals surface area contributed by atoms with E-state index in [0.717, 1.165) is 17.0 Å². The maximum atomic E-state index is 12.5. The third-order valence-electron chi connectivity index (χ3n) is 4.59. The normalized spacial score (nSPS) is 10.5. The molecule has 2 amide bonds. The topological polar surface area (TPSA) is 91.0 Å². The standard InChI is InChI=1S/C20H23Cl2N5O2/c1-13-15(14(2)27(25-13)11-5-10-23)8-9-19(29)26(3)12-18(28)24-20-16(21)6-4-7-17(20)22/h4,6-7H,5,8-9,11-12H2,1-3H3,(H,24,28). The Balaban J connectivity index is 1.92. The van der Waals surface area contributed by atoms with Crippen molar-refractivity contribution < 1.29 is 9.59 Å². The number of rotatable bonds is 8. The van der Waals surface area contributed by atoms with Crippen LogP contribution in [-0.2, 0) is 22.6 Å². The van der Waals surface area contributed by atoms with Gasteiger partial charge in [-0.25, -0.2) is 0 Å². The van der Waals surface area contributed by atoms with Crippen molar-refractivity contribution in [2.45, 2.75) is 39.7 Å². The summed E-state index contributed by atoms with van der Waals surface area (Å²) >= 11 is 12.1. The number of halogens is 2. The molecule has 29 heavy (non-hydrogen) atoms. The Morgan fingerprint density at radius 2 is 1.93 bits per heavy atom. The average molecular weight is 436 g/mol. The highest BCUT2D eigenvalue weighted by atomic mass is 35.5. The van der Waals surface area contributed by atoms with Gasteiger partial charge in [-0.15, -0.1) is 0 Å². The predicted octanol–water partition coefficient (Wildman–Crippen LogP) is 3.75. The predicted molar refractivity (Wildman–Crippen MR) is 113 cm³/mol. The van der Waals surface area contributed by atoms with E-state index in [1.807, 2.05) is 13.8 Å². The van der Waals surface area contributed by atoms with Crippen LogP contribution in [0.25, 0.3) is 0 Å². The summed E-state index contributed by atoms with van der Waals surface area (Å²) in [6.07, 6.45) is 1.15. The summed E-state index contributed by atoms with van der Waals surface area (Å²) < 4.78 is 1.79. The first-order valence-electron chi connectivity index (χ1n) is 9.12. The second-order valence-corrected chi connectivity index (χ2v) is 7.49. The van der Waals surface area contributed by atoms with Crippen LogP contribution in [0.15, 0.2) is 18.2 Å². The number of aromatic nitrogens is 2. The van der Waals surface area contributed by atoms with Crippen LogP contribution in [-0.4, -0.2) is 40.1 Å². The van der Waals surface area contributed by atoms with Crippen LogP contribution in [0, 0.1) is 25.2 Å². The Bertz CT molecular complexity index is 929. The number of benzene rings is 1. The molecule has 2 aromatic rings. The maximum absolute atomic E-state index is 12.5. The van der Waals surface area contributed by atoms with Crippen LogP contribution in [0.1, 0.15) is 29.8 Å². The van der Waals surface area contributed by atoms with E-state index in [-0.39, 0.29) is 24.8 Å². The fourth-order valence-corrected chi connectivity index (χ4v) is 3.48. The molecule has 1 N–H and O–H groups in total. The summed E-state index contributed by atoms with van der Waals surface area (Å²) in [4.78, 5) is 26.1. The number of carbonyl (C=O) groups excluding carboxylic acids is 2. The molecule has 2 rings (SSSR count). The van der Waals surface area contributed by atoms with E-state index in [0.29, 0.717) is 35.1 Å². The Hall–Kier alpha value is -2.56. The van der Waals surface area contributed by atoms with Crippen LogP contribution in [0.2, 0.25) is 10.0 Å². The lowest BCUT2D eigenvalue weighted by Gasteiger charge is -2.17. The first-order valence-corrected chi connectivity index (χ1v) is 9.87. The highest BCUT2D eigenvalue weighted by molar-refractivity contribution is 6.39. The molecule has 1 aromatic carbocycles. The van der Waals surface area contributed by atoms with Crippen molar-refractivity contribution in [2.75, 3.05) is 18.9 Å². The Kier molecular flexibility index (Phi) is 8.06. The van der Waals surface area contributed by atoms with Crippen LogP contribution in [0.3, 0.4) is 0 Å². The van der Waals surface area contributed by atoms with Gasteiger partial charge in [0.2, 0.25) is 11.8 Å². The quantitative estimate of drug-likeness (QED) is 0.683. The molecule has 0 aliphatic carbocycles. The van der Waals surface area contributed by atoms with Crippen molar-refractivity contribution in [3.63, 3.8) is 0 Å². The van der Waals surface area contributed by atoms with Gasteiger partial charge in [-0.05, 0) is 38.0 Å². The van der Waals surface area contributed by atoms with Crippen LogP contribution < -0.4 is 5.32 Å². The Labute approximate surface area is 180 Å². The molecule has 0 spiro atoms. The van der Waals surface area contributed by atoms with Crippen LogP contribution in [0.4, 0.5) is 5.69 Å². The van der Waals surface area contributed by atoms with Gasteiger partial charge in [0.05, 0.1) is 47.0 Å². The molecule has 1 aromatic heterocycles. The average Bonchev–Trinajstić information content (AvgIpc) is 2.94. The zero-order valence-corrected chi connectivity index (χ0v) is 18.1. The van der Waals surface area contributed by atoms with E-state index in [9.17, 15) is 9.59 Å². The number of likely N-dealkylation sites (N-methyl/N-ethyl adjacent to an activating group) is 1. The number of para-hydroxylation sites is 1. The van der Waals surface area contributed by atoms with E-state index in [4.69, 9.17) is 28.5 Å². The molecule has 0 bridgehead atoms. The zero-order chi connectivity index (χ0) is 21.6. The van der Waals surface area contributed by atoms with Gasteiger partial charge in [-0.1, -0.05) is 29.3 Å². The van der Waals surface area contributed by atoms with E-state index in [1.165, 1.54) is 4.90 Å². The molecule has 7 nitrogen and oxygen atoms in total. The number of anilines is 1. The molecular weight excluding hydrogens is 413 g/mol. The number of carbonyl (C=O) groups is 2. The summed E-state index contributed by atoms with van der Waals surface area (Å²) in [6, 6.07) is 7.04. The fourth-order valence-electron chi connectivity index (χ4n) is 2.99. The molecule has 0 aliphatic heterocycles. The van der Waals surface area contributed by atoms with Crippen LogP contribution in [0.5, 0.6) is 0 Å². The highest BCUT2D eigenvalue weighted by Crippen LogP contribution is 2.29. The van der Waals surface area contributed by atoms with Gasteiger partial charge in [-0.3, -0.25) is 14.3 Å². The van der Waals surface area contributed by atoms with Crippen molar-refractivity contribution in [2.24, 2.45) is 0 Å². The van der Waals surface area contributed by atoms with Crippen LogP contribution >= 0.6 is 23.2 Å². The molecule has 0 fully saturated rings. The van der Waals surface area contributed by atoms with Gasteiger partial charge < -0.3 is 10.2 Å². The van der Waals surface area contributed by atoms with Gasteiger partial charge in [-0.2, -0.15) is 10.4 Å². The Morgan fingerprint density at radius 3 is 2.55 bits per heavy atom. The fraction of sp³-hybridized carbons (Fsp3) is 0.400. The van der Waals surface area contributed by atoms with E-state index < -0.39 is 0 Å². The minimum atomic E-state index is -0.382. The van der Waals surface area contributed by atoms with E-state index in [1.54, 1.807) is 29.9 Å². The largest absolute Gasteiger partial charge is 0.336 e. The summed E-state index contributed by atoms with van der Waals surface area (Å²) in [5, 5.41) is 16.5. The van der Waals surface area contributed by atoms with Crippen molar-refractivity contribution in [3.8, 4) is 6.07 Å². The molecule has 0 saturated carbocycles. The summed E-state index contributed by atoms with van der Waals surface area (Å²) in [7, 11) is 1.58. The Morgan fingerprint density at radius 1 is 1.28 bits per heavy atom. The molecule has 0 saturated heterocycles. The first kappa shape index (κ1) is 22.7. The minimum Gasteiger partial charge on any atom is -0.336 e. The molecule has 9 heteroatoms. The maximum Gasteiger partial charge on any atom is 0.244 e. The minimum absolute atomic E-state index is 0.111. The number of hydrogen-bond donors (Lipinski definition) is 1.